The first-order valence-corrected chi connectivity index (χ1v) is 8.54. The molecule has 5 heteroatoms. The second kappa shape index (κ2) is 9.18. The Kier molecular flexibility index (Phi) is 7.24. The predicted octanol–water partition coefficient (Wildman–Crippen LogP) is 1.77. The maximum atomic E-state index is 10.4. The van der Waals surface area contributed by atoms with E-state index in [-0.39, 0.29) is 0 Å². The zero-order valence-electron chi connectivity index (χ0n) is 14.9. The topological polar surface area (TPSA) is 45.2 Å². The fourth-order valence-corrected chi connectivity index (χ4v) is 2.83. The number of hydrogen-bond donors (Lipinski definition) is 1. The van der Waals surface area contributed by atoms with Gasteiger partial charge in [-0.2, -0.15) is 0 Å². The summed E-state index contributed by atoms with van der Waals surface area (Å²) >= 11 is 0. The second-order valence-electron chi connectivity index (χ2n) is 6.57. The van der Waals surface area contributed by atoms with Gasteiger partial charge in [0.25, 0.3) is 0 Å². The summed E-state index contributed by atoms with van der Waals surface area (Å²) in [5.74, 6) is 0.858. The van der Waals surface area contributed by atoms with E-state index >= 15 is 0 Å². The fraction of sp³-hybridized carbons (Fsp3) is 0.579. The van der Waals surface area contributed by atoms with Gasteiger partial charge in [0, 0.05) is 39.3 Å². The molecular formula is C19H30N2O3. The average molecular weight is 334 g/mol. The lowest BCUT2D eigenvalue weighted by molar-refractivity contribution is 0.0227. The van der Waals surface area contributed by atoms with E-state index in [1.54, 1.807) is 20.1 Å². The number of nitrogens with zero attached hydrogens (tertiary/aromatic N) is 2. The van der Waals surface area contributed by atoms with E-state index in [1.165, 1.54) is 5.56 Å². The van der Waals surface area contributed by atoms with Crippen LogP contribution in [0, 0.1) is 0 Å². The van der Waals surface area contributed by atoms with Crippen LogP contribution in [-0.4, -0.2) is 73.6 Å². The van der Waals surface area contributed by atoms with E-state index in [0.29, 0.717) is 6.54 Å². The first-order chi connectivity index (χ1) is 11.5. The molecule has 0 saturated carbocycles. The van der Waals surface area contributed by atoms with Crippen LogP contribution in [0.25, 0.3) is 0 Å². The molecule has 1 aliphatic heterocycles. The molecule has 1 aromatic rings. The van der Waals surface area contributed by atoms with Crippen molar-refractivity contribution in [3.05, 3.63) is 42.5 Å². The van der Waals surface area contributed by atoms with Crippen molar-refractivity contribution < 1.29 is 14.6 Å². The van der Waals surface area contributed by atoms with Crippen LogP contribution in [0.4, 0.5) is 0 Å². The van der Waals surface area contributed by atoms with Crippen molar-refractivity contribution in [3.8, 4) is 5.75 Å². The molecule has 5 nitrogen and oxygen atoms in total. The summed E-state index contributed by atoms with van der Waals surface area (Å²) in [6.45, 7) is 12.4. The van der Waals surface area contributed by atoms with Crippen molar-refractivity contribution in [2.24, 2.45) is 0 Å². The zero-order chi connectivity index (χ0) is 17.4. The molecule has 0 aliphatic carbocycles. The summed E-state index contributed by atoms with van der Waals surface area (Å²) in [6, 6.07) is 8.09. The number of benzene rings is 1. The van der Waals surface area contributed by atoms with Crippen LogP contribution in [0.5, 0.6) is 5.75 Å². The van der Waals surface area contributed by atoms with Gasteiger partial charge in [-0.25, -0.2) is 0 Å². The van der Waals surface area contributed by atoms with Crippen LogP contribution in [-0.2, 0) is 11.3 Å². The molecular weight excluding hydrogens is 304 g/mol. The van der Waals surface area contributed by atoms with Crippen molar-refractivity contribution in [2.75, 3.05) is 53.0 Å². The molecule has 0 bridgehead atoms. The second-order valence-corrected chi connectivity index (χ2v) is 6.57. The van der Waals surface area contributed by atoms with Crippen LogP contribution in [0.2, 0.25) is 0 Å². The first kappa shape index (κ1) is 18.9. The molecule has 0 radical (unpaired) electrons. The van der Waals surface area contributed by atoms with Crippen molar-refractivity contribution in [2.45, 2.75) is 19.1 Å². The van der Waals surface area contributed by atoms with Gasteiger partial charge in [-0.3, -0.25) is 9.80 Å². The molecule has 1 aliphatic rings. The van der Waals surface area contributed by atoms with Crippen molar-refractivity contribution in [3.63, 3.8) is 0 Å². The minimum atomic E-state index is -0.891. The maximum absolute atomic E-state index is 10.4. The summed E-state index contributed by atoms with van der Waals surface area (Å²) in [4.78, 5) is 4.69. The molecule has 134 valence electrons. The molecule has 0 aromatic heterocycles. The average Bonchev–Trinajstić information content (AvgIpc) is 2.61. The van der Waals surface area contributed by atoms with E-state index in [9.17, 15) is 5.11 Å². The Bertz CT molecular complexity index is 496. The van der Waals surface area contributed by atoms with Crippen molar-refractivity contribution >= 4 is 0 Å². The number of morpholine rings is 1. The molecule has 2 rings (SSSR count). The standard InChI is InChI=1S/C19H30N2O3/c1-4-19(2,22)16-21(10-9-20-11-13-24-14-12-20)15-17-5-7-18(23-3)8-6-17/h4-8,22H,1,9-16H2,2-3H3. The first-order valence-electron chi connectivity index (χ1n) is 8.54. The van der Waals surface area contributed by atoms with E-state index < -0.39 is 5.60 Å². The summed E-state index contributed by atoms with van der Waals surface area (Å²) in [6.07, 6.45) is 1.61. The number of aliphatic hydroxyl groups is 1. The van der Waals surface area contributed by atoms with Gasteiger partial charge in [0.05, 0.1) is 25.9 Å². The number of ether oxygens (including phenoxy) is 2. The summed E-state index contributed by atoms with van der Waals surface area (Å²) in [5.41, 5.74) is 0.315. The monoisotopic (exact) mass is 334 g/mol. The Morgan fingerprint density at radius 2 is 2.00 bits per heavy atom. The molecule has 1 aromatic carbocycles. The molecule has 24 heavy (non-hydrogen) atoms. The third-order valence-corrected chi connectivity index (χ3v) is 4.38. The summed E-state index contributed by atoms with van der Waals surface area (Å²) in [5, 5.41) is 10.4. The molecule has 0 spiro atoms. The minimum Gasteiger partial charge on any atom is -0.497 e. The highest BCUT2D eigenvalue weighted by molar-refractivity contribution is 5.27. The Labute approximate surface area is 145 Å². The minimum absolute atomic E-state index is 0.562. The lowest BCUT2D eigenvalue weighted by Crippen LogP contribution is -2.45. The van der Waals surface area contributed by atoms with Gasteiger partial charge in [0.2, 0.25) is 0 Å². The highest BCUT2D eigenvalue weighted by Gasteiger charge is 2.21. The van der Waals surface area contributed by atoms with Crippen LogP contribution in [0.15, 0.2) is 36.9 Å². The van der Waals surface area contributed by atoms with Crippen molar-refractivity contribution in [1.82, 2.24) is 9.80 Å². The summed E-state index contributed by atoms with van der Waals surface area (Å²) < 4.78 is 10.6. The third kappa shape index (κ3) is 6.24. The Hall–Kier alpha value is -1.40. The lowest BCUT2D eigenvalue weighted by Gasteiger charge is -2.33. The molecule has 1 saturated heterocycles. The van der Waals surface area contributed by atoms with Gasteiger partial charge < -0.3 is 14.6 Å². The van der Waals surface area contributed by atoms with E-state index in [0.717, 1.165) is 51.7 Å². The number of methoxy groups -OCH3 is 1. The SMILES string of the molecule is C=CC(C)(O)CN(CCN1CCOCC1)Cc1ccc(OC)cc1. The molecule has 1 unspecified atom stereocenters. The maximum Gasteiger partial charge on any atom is 0.118 e. The molecule has 1 fully saturated rings. The normalized spacial score (nSPS) is 18.3. The largest absolute Gasteiger partial charge is 0.497 e. The van der Waals surface area contributed by atoms with E-state index in [2.05, 4.69) is 28.5 Å². The van der Waals surface area contributed by atoms with Gasteiger partial charge in [0.15, 0.2) is 0 Å². The fourth-order valence-electron chi connectivity index (χ4n) is 2.83. The Balaban J connectivity index is 1.96. The van der Waals surface area contributed by atoms with E-state index in [1.807, 2.05) is 12.1 Å². The van der Waals surface area contributed by atoms with Gasteiger partial charge in [-0.05, 0) is 24.6 Å². The Morgan fingerprint density at radius 1 is 1.33 bits per heavy atom. The summed E-state index contributed by atoms with van der Waals surface area (Å²) in [7, 11) is 1.67. The van der Waals surface area contributed by atoms with E-state index in [4.69, 9.17) is 9.47 Å². The predicted molar refractivity (Wildman–Crippen MR) is 96.4 cm³/mol. The highest BCUT2D eigenvalue weighted by Crippen LogP contribution is 2.15. The number of hydrogen-bond acceptors (Lipinski definition) is 5. The molecule has 0 amide bonds. The van der Waals surface area contributed by atoms with Gasteiger partial charge in [-0.15, -0.1) is 6.58 Å². The van der Waals surface area contributed by atoms with Crippen molar-refractivity contribution in [1.29, 1.82) is 0 Å². The van der Waals surface area contributed by atoms with Crippen LogP contribution in [0.1, 0.15) is 12.5 Å². The molecule has 1 atom stereocenters. The van der Waals surface area contributed by atoms with Gasteiger partial charge >= 0.3 is 0 Å². The zero-order valence-corrected chi connectivity index (χ0v) is 14.9. The molecule has 1 heterocycles. The smallest absolute Gasteiger partial charge is 0.118 e. The van der Waals surface area contributed by atoms with Crippen LogP contribution in [0.3, 0.4) is 0 Å². The lowest BCUT2D eigenvalue weighted by atomic mass is 10.1. The molecule has 1 N–H and O–H groups in total. The Morgan fingerprint density at radius 3 is 2.58 bits per heavy atom. The highest BCUT2D eigenvalue weighted by atomic mass is 16.5. The quantitative estimate of drug-likeness (QED) is 0.697. The number of rotatable bonds is 9. The van der Waals surface area contributed by atoms with Gasteiger partial charge in [-0.1, -0.05) is 18.2 Å². The third-order valence-electron chi connectivity index (χ3n) is 4.38. The van der Waals surface area contributed by atoms with Crippen LogP contribution >= 0.6 is 0 Å². The van der Waals surface area contributed by atoms with Gasteiger partial charge in [0.1, 0.15) is 5.75 Å². The van der Waals surface area contributed by atoms with Crippen LogP contribution < -0.4 is 4.74 Å².